The van der Waals surface area contributed by atoms with Gasteiger partial charge >= 0.3 is 0 Å². The highest BCUT2D eigenvalue weighted by atomic mass is 16.5. The fraction of sp³-hybridized carbons (Fsp3) is 0.400. The Balaban J connectivity index is 2.10. The maximum absolute atomic E-state index is 12.4. The van der Waals surface area contributed by atoms with Gasteiger partial charge in [0, 0.05) is 19.1 Å². The van der Waals surface area contributed by atoms with Crippen LogP contribution in [0.3, 0.4) is 0 Å². The Labute approximate surface area is 113 Å². The molecule has 102 valence electrons. The van der Waals surface area contributed by atoms with E-state index in [4.69, 9.17) is 15.2 Å². The molecule has 19 heavy (non-hydrogen) atoms. The molecule has 1 aliphatic rings. The van der Waals surface area contributed by atoms with Crippen LogP contribution in [0.4, 0.5) is 0 Å². The zero-order valence-corrected chi connectivity index (χ0v) is 11.0. The zero-order chi connectivity index (χ0) is 13.7. The van der Waals surface area contributed by atoms with Gasteiger partial charge in [0.1, 0.15) is 12.4 Å². The van der Waals surface area contributed by atoms with Crippen molar-refractivity contribution in [1.82, 2.24) is 0 Å². The molecule has 2 atom stereocenters. The van der Waals surface area contributed by atoms with Crippen LogP contribution in [-0.4, -0.2) is 32.1 Å². The Kier molecular flexibility index (Phi) is 4.71. The number of carbonyl (C=O) groups is 1. The molecule has 0 aromatic heterocycles. The molecule has 0 aliphatic heterocycles. The number of Topliss-reactive ketones (excluding diaryl/α,β-unsaturated/α-hetero) is 1. The fourth-order valence-electron chi connectivity index (χ4n) is 2.15. The molecule has 1 aliphatic carbocycles. The Morgan fingerprint density at radius 3 is 2.79 bits per heavy atom. The first-order chi connectivity index (χ1) is 9.22. The van der Waals surface area contributed by atoms with E-state index in [-0.39, 0.29) is 17.7 Å². The summed E-state index contributed by atoms with van der Waals surface area (Å²) in [7, 11) is 1.62. The maximum atomic E-state index is 12.4. The van der Waals surface area contributed by atoms with Gasteiger partial charge in [-0.25, -0.2) is 0 Å². The lowest BCUT2D eigenvalue weighted by molar-refractivity contribution is 0.0935. The van der Waals surface area contributed by atoms with Gasteiger partial charge < -0.3 is 15.2 Å². The maximum Gasteiger partial charge on any atom is 0.173 e. The smallest absolute Gasteiger partial charge is 0.173 e. The van der Waals surface area contributed by atoms with Crippen LogP contribution in [0.15, 0.2) is 36.4 Å². The van der Waals surface area contributed by atoms with Gasteiger partial charge in [0.25, 0.3) is 0 Å². The second-order valence-corrected chi connectivity index (χ2v) is 4.59. The summed E-state index contributed by atoms with van der Waals surface area (Å²) in [5, 5.41) is 0. The van der Waals surface area contributed by atoms with Crippen LogP contribution in [0, 0.1) is 5.92 Å². The molecule has 4 heteroatoms. The van der Waals surface area contributed by atoms with E-state index in [1.807, 2.05) is 30.4 Å². The molecule has 1 aromatic rings. The van der Waals surface area contributed by atoms with Gasteiger partial charge in [0.15, 0.2) is 5.78 Å². The number of carbonyl (C=O) groups excluding carboxylic acids is 1. The van der Waals surface area contributed by atoms with Crippen molar-refractivity contribution in [3.63, 3.8) is 0 Å². The molecule has 0 bridgehead atoms. The number of ether oxygens (including phenoxy) is 2. The van der Waals surface area contributed by atoms with Gasteiger partial charge in [-0.05, 0) is 18.6 Å². The van der Waals surface area contributed by atoms with Gasteiger partial charge in [0.2, 0.25) is 0 Å². The molecule has 2 N–H and O–H groups in total. The van der Waals surface area contributed by atoms with Gasteiger partial charge in [-0.1, -0.05) is 24.3 Å². The van der Waals surface area contributed by atoms with E-state index >= 15 is 0 Å². The van der Waals surface area contributed by atoms with Crippen molar-refractivity contribution >= 4 is 5.78 Å². The molecule has 0 spiro atoms. The number of hydrogen-bond acceptors (Lipinski definition) is 4. The fourth-order valence-corrected chi connectivity index (χ4v) is 2.15. The number of ketones is 1. The predicted octanol–water partition coefficient (Wildman–Crippen LogP) is 1.80. The Hall–Kier alpha value is -1.65. The van der Waals surface area contributed by atoms with E-state index in [9.17, 15) is 4.79 Å². The lowest BCUT2D eigenvalue weighted by atomic mass is 9.96. The standard InChI is InChI=1S/C15H19NO3/c1-18-8-9-19-14-5-3-2-4-13(14)15(17)11-6-7-12(16)10-11/h2-7,11-12H,8-10,16H2,1H3. The molecule has 1 aromatic carbocycles. The predicted molar refractivity (Wildman–Crippen MR) is 73.4 cm³/mol. The van der Waals surface area contributed by atoms with Crippen molar-refractivity contribution in [2.45, 2.75) is 12.5 Å². The van der Waals surface area contributed by atoms with Crippen LogP contribution in [0.25, 0.3) is 0 Å². The van der Waals surface area contributed by atoms with Crippen molar-refractivity contribution in [2.24, 2.45) is 11.7 Å². The molecule has 4 nitrogen and oxygen atoms in total. The third-order valence-corrected chi connectivity index (χ3v) is 3.15. The van der Waals surface area contributed by atoms with Crippen LogP contribution in [0.2, 0.25) is 0 Å². The molecule has 0 saturated carbocycles. The summed E-state index contributed by atoms with van der Waals surface area (Å²) in [4.78, 5) is 12.4. The van der Waals surface area contributed by atoms with Gasteiger partial charge in [-0.3, -0.25) is 4.79 Å². The highest BCUT2D eigenvalue weighted by molar-refractivity contribution is 6.01. The number of rotatable bonds is 6. The molecule has 2 rings (SSSR count). The van der Waals surface area contributed by atoms with Gasteiger partial charge in [-0.15, -0.1) is 0 Å². The van der Waals surface area contributed by atoms with E-state index in [1.165, 1.54) is 0 Å². The van der Waals surface area contributed by atoms with Crippen molar-refractivity contribution in [3.05, 3.63) is 42.0 Å². The van der Waals surface area contributed by atoms with Crippen molar-refractivity contribution in [1.29, 1.82) is 0 Å². The first-order valence-electron chi connectivity index (χ1n) is 6.41. The topological polar surface area (TPSA) is 61.5 Å². The van der Waals surface area contributed by atoms with E-state index in [2.05, 4.69) is 0 Å². The summed E-state index contributed by atoms with van der Waals surface area (Å²) >= 11 is 0. The third kappa shape index (κ3) is 3.43. The molecular formula is C15H19NO3. The van der Waals surface area contributed by atoms with Crippen LogP contribution < -0.4 is 10.5 Å². The summed E-state index contributed by atoms with van der Waals surface area (Å²) < 4.78 is 10.5. The number of para-hydroxylation sites is 1. The van der Waals surface area contributed by atoms with Crippen molar-refractivity contribution in [3.8, 4) is 5.75 Å². The highest BCUT2D eigenvalue weighted by Crippen LogP contribution is 2.26. The zero-order valence-electron chi connectivity index (χ0n) is 11.0. The minimum Gasteiger partial charge on any atom is -0.490 e. The largest absolute Gasteiger partial charge is 0.490 e. The number of hydrogen-bond donors (Lipinski definition) is 1. The van der Waals surface area contributed by atoms with Crippen LogP contribution in [0.5, 0.6) is 5.75 Å². The van der Waals surface area contributed by atoms with Crippen molar-refractivity contribution in [2.75, 3.05) is 20.3 Å². The number of nitrogens with two attached hydrogens (primary N) is 1. The SMILES string of the molecule is COCCOc1ccccc1C(=O)C1C=CC(N)C1. The first kappa shape index (κ1) is 13.8. The quantitative estimate of drug-likeness (QED) is 0.482. The minimum atomic E-state index is -0.137. The van der Waals surface area contributed by atoms with Crippen LogP contribution >= 0.6 is 0 Å². The Morgan fingerprint density at radius 1 is 1.32 bits per heavy atom. The molecular weight excluding hydrogens is 242 g/mol. The molecule has 0 saturated heterocycles. The second kappa shape index (κ2) is 6.50. The van der Waals surface area contributed by atoms with Gasteiger partial charge in [0.05, 0.1) is 12.2 Å². The van der Waals surface area contributed by atoms with E-state index in [1.54, 1.807) is 13.2 Å². The summed E-state index contributed by atoms with van der Waals surface area (Å²) in [5.74, 6) is 0.540. The Morgan fingerprint density at radius 2 is 2.11 bits per heavy atom. The summed E-state index contributed by atoms with van der Waals surface area (Å²) in [5.41, 5.74) is 6.40. The number of allylic oxidation sites excluding steroid dienone is 1. The summed E-state index contributed by atoms with van der Waals surface area (Å²) in [6.45, 7) is 0.928. The first-order valence-corrected chi connectivity index (χ1v) is 6.41. The van der Waals surface area contributed by atoms with Crippen LogP contribution in [0.1, 0.15) is 16.8 Å². The van der Waals surface area contributed by atoms with Gasteiger partial charge in [-0.2, -0.15) is 0 Å². The average molecular weight is 261 g/mol. The molecule has 2 unspecified atom stereocenters. The number of methoxy groups -OCH3 is 1. The molecule has 0 fully saturated rings. The monoisotopic (exact) mass is 261 g/mol. The molecule has 0 amide bonds. The summed E-state index contributed by atoms with van der Waals surface area (Å²) in [6, 6.07) is 7.28. The normalized spacial score (nSPS) is 21.6. The molecule has 0 heterocycles. The van der Waals surface area contributed by atoms with E-state index < -0.39 is 0 Å². The second-order valence-electron chi connectivity index (χ2n) is 4.59. The summed E-state index contributed by atoms with van der Waals surface area (Å²) in [6.07, 6.45) is 4.45. The highest BCUT2D eigenvalue weighted by Gasteiger charge is 2.25. The lowest BCUT2D eigenvalue weighted by Crippen LogP contribution is -2.19. The number of benzene rings is 1. The lowest BCUT2D eigenvalue weighted by Gasteiger charge is -2.13. The molecule has 0 radical (unpaired) electrons. The third-order valence-electron chi connectivity index (χ3n) is 3.15. The van der Waals surface area contributed by atoms with E-state index in [0.717, 1.165) is 0 Å². The van der Waals surface area contributed by atoms with E-state index in [0.29, 0.717) is 30.9 Å². The van der Waals surface area contributed by atoms with Crippen LogP contribution in [-0.2, 0) is 4.74 Å². The minimum absolute atomic E-state index is 0.0180. The average Bonchev–Trinajstić information content (AvgIpc) is 2.85. The Bertz CT molecular complexity index is 470. The van der Waals surface area contributed by atoms with Crippen molar-refractivity contribution < 1.29 is 14.3 Å².